The van der Waals surface area contributed by atoms with Gasteiger partial charge in [-0.15, -0.1) is 0 Å². The Kier molecular flexibility index (Phi) is 6.78. The summed E-state index contributed by atoms with van der Waals surface area (Å²) in [5.41, 5.74) is 2.29. The minimum absolute atomic E-state index is 0.000960. The van der Waals surface area contributed by atoms with Crippen LogP contribution in [0.1, 0.15) is 5.56 Å². The van der Waals surface area contributed by atoms with Crippen molar-refractivity contribution in [3.63, 3.8) is 0 Å². The van der Waals surface area contributed by atoms with E-state index in [1.54, 1.807) is 48.5 Å². The number of nitriles is 1. The fourth-order valence-corrected chi connectivity index (χ4v) is 4.52. The van der Waals surface area contributed by atoms with Crippen LogP contribution in [0.2, 0.25) is 5.02 Å². The van der Waals surface area contributed by atoms with Crippen LogP contribution in [0, 0.1) is 18.3 Å². The number of hydrogen-bond donors (Lipinski definition) is 0. The number of aromatic nitrogens is 2. The van der Waals surface area contributed by atoms with Crippen LogP contribution < -0.4 is 10.5 Å². The second kappa shape index (κ2) is 9.90. The molecule has 0 fully saturated rings. The molecule has 8 heteroatoms. The predicted octanol–water partition coefficient (Wildman–Crippen LogP) is 5.00. The van der Waals surface area contributed by atoms with Crippen molar-refractivity contribution in [3.05, 3.63) is 93.7 Å². The van der Waals surface area contributed by atoms with Crippen molar-refractivity contribution in [1.82, 2.24) is 9.55 Å². The molecule has 0 bridgehead atoms. The first kappa shape index (κ1) is 22.6. The van der Waals surface area contributed by atoms with Crippen LogP contribution in [0.5, 0.6) is 0 Å². The zero-order chi connectivity index (χ0) is 23.4. The van der Waals surface area contributed by atoms with Crippen molar-refractivity contribution in [2.24, 2.45) is 0 Å². The lowest BCUT2D eigenvalue weighted by Crippen LogP contribution is -2.33. The molecule has 6 nitrogen and oxygen atoms in total. The maximum Gasteiger partial charge on any atom is 0.266 e. The highest BCUT2D eigenvalue weighted by Gasteiger charge is 2.20. The van der Waals surface area contributed by atoms with Gasteiger partial charge >= 0.3 is 0 Å². The normalized spacial score (nSPS) is 10.7. The average molecular weight is 475 g/mol. The minimum atomic E-state index is -0.260. The quantitative estimate of drug-likeness (QED) is 0.223. The van der Waals surface area contributed by atoms with Crippen molar-refractivity contribution in [1.29, 1.82) is 5.26 Å². The lowest BCUT2D eigenvalue weighted by molar-refractivity contribution is -0.116. The molecule has 0 spiro atoms. The van der Waals surface area contributed by atoms with Crippen LogP contribution >= 0.6 is 23.4 Å². The van der Waals surface area contributed by atoms with E-state index in [9.17, 15) is 14.9 Å². The minimum Gasteiger partial charge on any atom is -0.298 e. The molecule has 0 saturated heterocycles. The van der Waals surface area contributed by atoms with Crippen molar-refractivity contribution in [2.75, 3.05) is 17.2 Å². The van der Waals surface area contributed by atoms with E-state index in [2.05, 4.69) is 4.98 Å². The molecule has 0 saturated carbocycles. The third-order valence-electron chi connectivity index (χ3n) is 5.15. The molecule has 1 aromatic heterocycles. The molecule has 0 aliphatic heterocycles. The summed E-state index contributed by atoms with van der Waals surface area (Å²) in [6, 6.07) is 23.5. The van der Waals surface area contributed by atoms with Gasteiger partial charge in [-0.2, -0.15) is 5.26 Å². The summed E-state index contributed by atoms with van der Waals surface area (Å²) < 4.78 is 1.50. The summed E-state index contributed by atoms with van der Waals surface area (Å²) in [6.07, 6.45) is 0. The Morgan fingerprint density at radius 2 is 1.82 bits per heavy atom. The van der Waals surface area contributed by atoms with Gasteiger partial charge in [0, 0.05) is 10.7 Å². The lowest BCUT2D eigenvalue weighted by atomic mass is 10.2. The maximum atomic E-state index is 13.4. The number of carbonyl (C=O) groups is 1. The fraction of sp³-hybridized carbons (Fsp3) is 0.120. The zero-order valence-corrected chi connectivity index (χ0v) is 19.3. The number of anilines is 1. The first-order chi connectivity index (χ1) is 16.0. The molecule has 3 aromatic carbocycles. The van der Waals surface area contributed by atoms with E-state index >= 15 is 0 Å². The molecule has 33 heavy (non-hydrogen) atoms. The van der Waals surface area contributed by atoms with Gasteiger partial charge in [0.25, 0.3) is 5.56 Å². The maximum absolute atomic E-state index is 13.4. The SMILES string of the molecule is Cc1c(Cl)cccc1-n1c(SCC(=O)N(CC#N)c2ccccc2)nc2ccccc2c1=O. The van der Waals surface area contributed by atoms with Crippen LogP contribution in [0.3, 0.4) is 0 Å². The van der Waals surface area contributed by atoms with E-state index in [1.165, 1.54) is 9.47 Å². The summed E-state index contributed by atoms with van der Waals surface area (Å²) in [6.45, 7) is 1.76. The monoisotopic (exact) mass is 474 g/mol. The van der Waals surface area contributed by atoms with E-state index in [1.807, 2.05) is 37.3 Å². The van der Waals surface area contributed by atoms with Crippen molar-refractivity contribution in [3.8, 4) is 11.8 Å². The van der Waals surface area contributed by atoms with Gasteiger partial charge in [-0.1, -0.05) is 59.8 Å². The van der Waals surface area contributed by atoms with E-state index in [-0.39, 0.29) is 23.8 Å². The molecule has 1 amide bonds. The number of para-hydroxylation sites is 2. The number of thioether (sulfide) groups is 1. The molecule has 0 N–H and O–H groups in total. The van der Waals surface area contributed by atoms with Crippen molar-refractivity contribution >= 4 is 45.9 Å². The second-order valence-electron chi connectivity index (χ2n) is 7.20. The summed E-state index contributed by atoms with van der Waals surface area (Å²) in [4.78, 5) is 32.6. The standard InChI is InChI=1S/C25H19ClN4O2S/c1-17-20(26)11-7-13-22(17)30-24(32)19-10-5-6-12-21(19)28-25(30)33-16-23(31)29(15-14-27)18-8-3-2-4-9-18/h2-13H,15-16H2,1H3. The Morgan fingerprint density at radius 3 is 2.58 bits per heavy atom. The molecular weight excluding hydrogens is 456 g/mol. The number of amides is 1. The molecule has 0 aliphatic rings. The molecule has 0 aliphatic carbocycles. The first-order valence-electron chi connectivity index (χ1n) is 10.1. The predicted molar refractivity (Wildman–Crippen MR) is 132 cm³/mol. The number of halogens is 1. The van der Waals surface area contributed by atoms with Crippen LogP contribution in [0.15, 0.2) is 82.7 Å². The Bertz CT molecular complexity index is 1430. The van der Waals surface area contributed by atoms with Crippen LogP contribution in [-0.2, 0) is 4.79 Å². The number of benzene rings is 3. The molecule has 4 rings (SSSR count). The van der Waals surface area contributed by atoms with E-state index in [0.29, 0.717) is 32.5 Å². The van der Waals surface area contributed by atoms with Gasteiger partial charge in [-0.05, 0) is 48.9 Å². The number of nitrogens with zero attached hydrogens (tertiary/aromatic N) is 4. The summed E-state index contributed by atoms with van der Waals surface area (Å²) in [5, 5.41) is 10.6. The van der Waals surface area contributed by atoms with Gasteiger partial charge in [0.15, 0.2) is 5.16 Å². The van der Waals surface area contributed by atoms with Gasteiger partial charge in [0.05, 0.1) is 28.4 Å². The second-order valence-corrected chi connectivity index (χ2v) is 8.55. The molecule has 0 radical (unpaired) electrons. The molecule has 0 unspecified atom stereocenters. The van der Waals surface area contributed by atoms with E-state index in [4.69, 9.17) is 11.6 Å². The average Bonchev–Trinajstić information content (AvgIpc) is 2.84. The van der Waals surface area contributed by atoms with Crippen LogP contribution in [0.25, 0.3) is 16.6 Å². The Hall–Kier alpha value is -3.60. The molecule has 1 heterocycles. The van der Waals surface area contributed by atoms with Crippen molar-refractivity contribution < 1.29 is 4.79 Å². The smallest absolute Gasteiger partial charge is 0.266 e. The summed E-state index contributed by atoms with van der Waals surface area (Å²) in [5.74, 6) is -0.259. The topological polar surface area (TPSA) is 79.0 Å². The van der Waals surface area contributed by atoms with Gasteiger partial charge in [0.2, 0.25) is 5.91 Å². The number of carbonyl (C=O) groups excluding carboxylic acids is 1. The Labute approximate surface area is 200 Å². The molecule has 164 valence electrons. The zero-order valence-electron chi connectivity index (χ0n) is 17.7. The Balaban J connectivity index is 1.76. The van der Waals surface area contributed by atoms with E-state index in [0.717, 1.165) is 17.3 Å². The van der Waals surface area contributed by atoms with Gasteiger partial charge < -0.3 is 0 Å². The van der Waals surface area contributed by atoms with Gasteiger partial charge in [-0.25, -0.2) is 4.98 Å². The molecular formula is C25H19ClN4O2S. The Morgan fingerprint density at radius 1 is 1.09 bits per heavy atom. The largest absolute Gasteiger partial charge is 0.298 e. The molecule has 4 aromatic rings. The van der Waals surface area contributed by atoms with Crippen LogP contribution in [-0.4, -0.2) is 27.8 Å². The third kappa shape index (κ3) is 4.63. The van der Waals surface area contributed by atoms with Crippen molar-refractivity contribution in [2.45, 2.75) is 12.1 Å². The highest BCUT2D eigenvalue weighted by atomic mass is 35.5. The number of hydrogen-bond acceptors (Lipinski definition) is 5. The van der Waals surface area contributed by atoms with Gasteiger partial charge in [0.1, 0.15) is 6.54 Å². The van der Waals surface area contributed by atoms with E-state index < -0.39 is 0 Å². The third-order valence-corrected chi connectivity index (χ3v) is 6.48. The first-order valence-corrected chi connectivity index (χ1v) is 11.5. The highest BCUT2D eigenvalue weighted by molar-refractivity contribution is 7.99. The summed E-state index contributed by atoms with van der Waals surface area (Å²) >= 11 is 7.47. The molecule has 0 atom stereocenters. The highest BCUT2D eigenvalue weighted by Crippen LogP contribution is 2.27. The van der Waals surface area contributed by atoms with Crippen LogP contribution in [0.4, 0.5) is 5.69 Å². The number of fused-ring (bicyclic) bond motifs is 1. The number of rotatable bonds is 6. The fourth-order valence-electron chi connectivity index (χ4n) is 3.47. The van der Waals surface area contributed by atoms with Gasteiger partial charge in [-0.3, -0.25) is 19.1 Å². The summed E-state index contributed by atoms with van der Waals surface area (Å²) in [7, 11) is 0. The lowest BCUT2D eigenvalue weighted by Gasteiger charge is -2.20.